The summed E-state index contributed by atoms with van der Waals surface area (Å²) in [5, 5.41) is 12.2. The first-order chi connectivity index (χ1) is 8.66. The molecule has 1 heterocycles. The second-order valence-corrected chi connectivity index (χ2v) is 5.65. The number of hydrogen-bond donors (Lipinski definition) is 1. The maximum atomic E-state index is 10.1. The SMILES string of the molecule is CN(C)c1ccc(C(O)CCc2cccs2)cc1. The molecule has 0 radical (unpaired) electrons. The van der Waals surface area contributed by atoms with E-state index in [1.165, 1.54) is 4.88 Å². The van der Waals surface area contributed by atoms with Crippen LogP contribution in [0.2, 0.25) is 0 Å². The smallest absolute Gasteiger partial charge is 0.0793 e. The average Bonchev–Trinajstić information content (AvgIpc) is 2.89. The summed E-state index contributed by atoms with van der Waals surface area (Å²) in [7, 11) is 4.03. The van der Waals surface area contributed by atoms with E-state index in [-0.39, 0.29) is 6.10 Å². The summed E-state index contributed by atoms with van der Waals surface area (Å²) in [6.45, 7) is 0. The molecule has 0 spiro atoms. The van der Waals surface area contributed by atoms with Crippen molar-refractivity contribution in [1.82, 2.24) is 0 Å². The van der Waals surface area contributed by atoms with Crippen molar-refractivity contribution in [3.05, 3.63) is 52.2 Å². The van der Waals surface area contributed by atoms with Gasteiger partial charge in [-0.25, -0.2) is 0 Å². The van der Waals surface area contributed by atoms with Crippen molar-refractivity contribution in [2.75, 3.05) is 19.0 Å². The molecule has 2 aromatic rings. The lowest BCUT2D eigenvalue weighted by molar-refractivity contribution is 0.168. The van der Waals surface area contributed by atoms with Gasteiger partial charge < -0.3 is 10.0 Å². The van der Waals surface area contributed by atoms with E-state index in [2.05, 4.69) is 22.4 Å². The molecule has 1 atom stereocenters. The van der Waals surface area contributed by atoms with E-state index in [4.69, 9.17) is 0 Å². The number of nitrogens with zero attached hydrogens (tertiary/aromatic N) is 1. The van der Waals surface area contributed by atoms with Crippen LogP contribution in [0, 0.1) is 0 Å². The summed E-state index contributed by atoms with van der Waals surface area (Å²) in [6.07, 6.45) is 1.35. The van der Waals surface area contributed by atoms with Crippen LogP contribution in [0.4, 0.5) is 5.69 Å². The Morgan fingerprint density at radius 3 is 2.44 bits per heavy atom. The van der Waals surface area contributed by atoms with Crippen LogP contribution in [0.15, 0.2) is 41.8 Å². The number of hydrogen-bond acceptors (Lipinski definition) is 3. The summed E-state index contributed by atoms with van der Waals surface area (Å²) >= 11 is 1.75. The first-order valence-electron chi connectivity index (χ1n) is 6.14. The van der Waals surface area contributed by atoms with E-state index in [0.717, 1.165) is 24.1 Å². The van der Waals surface area contributed by atoms with E-state index in [0.29, 0.717) is 0 Å². The lowest BCUT2D eigenvalue weighted by Crippen LogP contribution is -2.08. The quantitative estimate of drug-likeness (QED) is 0.890. The van der Waals surface area contributed by atoms with Crippen molar-refractivity contribution in [3.63, 3.8) is 0 Å². The molecule has 0 aliphatic carbocycles. The summed E-state index contributed by atoms with van der Waals surface area (Å²) < 4.78 is 0. The van der Waals surface area contributed by atoms with Gasteiger partial charge in [0.2, 0.25) is 0 Å². The lowest BCUT2D eigenvalue weighted by atomic mass is 10.0. The Balaban J connectivity index is 1.94. The first kappa shape index (κ1) is 13.1. The van der Waals surface area contributed by atoms with Crippen molar-refractivity contribution in [2.24, 2.45) is 0 Å². The topological polar surface area (TPSA) is 23.5 Å². The van der Waals surface area contributed by atoms with Crippen molar-refractivity contribution >= 4 is 17.0 Å². The zero-order chi connectivity index (χ0) is 13.0. The van der Waals surface area contributed by atoms with E-state index in [1.54, 1.807) is 11.3 Å². The Hall–Kier alpha value is -1.32. The normalized spacial score (nSPS) is 12.4. The highest BCUT2D eigenvalue weighted by Gasteiger charge is 2.08. The lowest BCUT2D eigenvalue weighted by Gasteiger charge is -2.15. The fourth-order valence-electron chi connectivity index (χ4n) is 1.90. The van der Waals surface area contributed by atoms with Crippen LogP contribution in [0.5, 0.6) is 0 Å². The highest BCUT2D eigenvalue weighted by molar-refractivity contribution is 7.09. The van der Waals surface area contributed by atoms with Gasteiger partial charge in [-0.05, 0) is 42.0 Å². The number of aliphatic hydroxyl groups is 1. The molecule has 3 heteroatoms. The third-order valence-electron chi connectivity index (χ3n) is 3.04. The molecule has 1 aromatic carbocycles. The van der Waals surface area contributed by atoms with Crippen molar-refractivity contribution in [3.8, 4) is 0 Å². The maximum absolute atomic E-state index is 10.1. The van der Waals surface area contributed by atoms with Gasteiger partial charge in [-0.15, -0.1) is 11.3 Å². The summed E-state index contributed by atoms with van der Waals surface area (Å²) in [4.78, 5) is 3.39. The maximum Gasteiger partial charge on any atom is 0.0793 e. The highest BCUT2D eigenvalue weighted by atomic mass is 32.1. The number of aliphatic hydroxyl groups excluding tert-OH is 1. The molecule has 2 rings (SSSR count). The third-order valence-corrected chi connectivity index (χ3v) is 3.97. The second-order valence-electron chi connectivity index (χ2n) is 4.62. The number of rotatable bonds is 5. The van der Waals surface area contributed by atoms with E-state index in [1.807, 2.05) is 38.4 Å². The molecular formula is C15H19NOS. The number of benzene rings is 1. The predicted octanol–water partition coefficient (Wildman–Crippen LogP) is 3.48. The minimum Gasteiger partial charge on any atom is -0.388 e. The molecule has 0 saturated heterocycles. The Bertz CT molecular complexity index is 462. The van der Waals surface area contributed by atoms with Crippen LogP contribution in [-0.2, 0) is 6.42 Å². The van der Waals surface area contributed by atoms with Gasteiger partial charge >= 0.3 is 0 Å². The summed E-state index contributed by atoms with van der Waals surface area (Å²) in [6, 6.07) is 12.3. The van der Waals surface area contributed by atoms with Crippen LogP contribution in [0.1, 0.15) is 23.0 Å². The first-order valence-corrected chi connectivity index (χ1v) is 7.02. The van der Waals surface area contributed by atoms with Gasteiger partial charge in [-0.2, -0.15) is 0 Å². The van der Waals surface area contributed by atoms with Crippen LogP contribution >= 0.6 is 11.3 Å². The average molecular weight is 261 g/mol. The Morgan fingerprint density at radius 1 is 1.17 bits per heavy atom. The van der Waals surface area contributed by atoms with Gasteiger partial charge in [0.25, 0.3) is 0 Å². The zero-order valence-electron chi connectivity index (χ0n) is 10.8. The van der Waals surface area contributed by atoms with Crippen LogP contribution in [0.3, 0.4) is 0 Å². The fourth-order valence-corrected chi connectivity index (χ4v) is 2.62. The Kier molecular flexibility index (Phi) is 4.39. The monoisotopic (exact) mass is 261 g/mol. The molecular weight excluding hydrogens is 242 g/mol. The Labute approximate surface area is 113 Å². The molecule has 0 aliphatic heterocycles. The number of anilines is 1. The number of aryl methyl sites for hydroxylation is 1. The molecule has 0 fully saturated rings. The van der Waals surface area contributed by atoms with E-state index < -0.39 is 0 Å². The molecule has 0 bridgehead atoms. The summed E-state index contributed by atoms with van der Waals surface area (Å²) in [5.41, 5.74) is 2.15. The molecule has 0 saturated carbocycles. The van der Waals surface area contributed by atoms with Crippen LogP contribution < -0.4 is 4.90 Å². The minimum absolute atomic E-state index is 0.372. The molecule has 0 amide bonds. The number of thiophene rings is 1. The van der Waals surface area contributed by atoms with Gasteiger partial charge in [0.05, 0.1) is 6.10 Å². The molecule has 0 aliphatic rings. The van der Waals surface area contributed by atoms with E-state index >= 15 is 0 Å². The van der Waals surface area contributed by atoms with Crippen LogP contribution in [0.25, 0.3) is 0 Å². The van der Waals surface area contributed by atoms with Gasteiger partial charge in [0, 0.05) is 24.7 Å². The fraction of sp³-hybridized carbons (Fsp3) is 0.333. The third kappa shape index (κ3) is 3.34. The van der Waals surface area contributed by atoms with Crippen LogP contribution in [-0.4, -0.2) is 19.2 Å². The van der Waals surface area contributed by atoms with Gasteiger partial charge in [0.1, 0.15) is 0 Å². The molecule has 1 unspecified atom stereocenters. The molecule has 96 valence electrons. The molecule has 2 nitrogen and oxygen atoms in total. The van der Waals surface area contributed by atoms with Crippen molar-refractivity contribution in [1.29, 1.82) is 0 Å². The predicted molar refractivity (Wildman–Crippen MR) is 78.4 cm³/mol. The summed E-state index contributed by atoms with van der Waals surface area (Å²) in [5.74, 6) is 0. The van der Waals surface area contributed by atoms with Gasteiger partial charge in [-0.3, -0.25) is 0 Å². The molecule has 1 N–H and O–H groups in total. The highest BCUT2D eigenvalue weighted by Crippen LogP contribution is 2.22. The minimum atomic E-state index is -0.372. The molecule has 1 aromatic heterocycles. The largest absolute Gasteiger partial charge is 0.388 e. The second kappa shape index (κ2) is 6.03. The zero-order valence-corrected chi connectivity index (χ0v) is 11.7. The van der Waals surface area contributed by atoms with Crippen molar-refractivity contribution < 1.29 is 5.11 Å². The molecule has 18 heavy (non-hydrogen) atoms. The Morgan fingerprint density at radius 2 is 1.89 bits per heavy atom. The van der Waals surface area contributed by atoms with Gasteiger partial charge in [-0.1, -0.05) is 18.2 Å². The van der Waals surface area contributed by atoms with Gasteiger partial charge in [0.15, 0.2) is 0 Å². The van der Waals surface area contributed by atoms with E-state index in [9.17, 15) is 5.11 Å². The van der Waals surface area contributed by atoms with Crippen molar-refractivity contribution in [2.45, 2.75) is 18.9 Å². The standard InChI is InChI=1S/C15H19NOS/c1-16(2)13-7-5-12(6-8-13)15(17)10-9-14-4-3-11-18-14/h3-8,11,15,17H,9-10H2,1-2H3.